The van der Waals surface area contributed by atoms with Gasteiger partial charge in [-0.05, 0) is 25.5 Å². The molecule has 0 fully saturated rings. The predicted octanol–water partition coefficient (Wildman–Crippen LogP) is 2.98. The summed E-state index contributed by atoms with van der Waals surface area (Å²) in [7, 11) is 0. The highest BCUT2D eigenvalue weighted by atomic mass is 15.2. The smallest absolute Gasteiger partial charge is 0.0671 e. The molecule has 0 saturated carbocycles. The van der Waals surface area contributed by atoms with Gasteiger partial charge in [-0.1, -0.05) is 36.4 Å². The first-order chi connectivity index (χ1) is 6.74. The van der Waals surface area contributed by atoms with Gasteiger partial charge in [0.05, 0.1) is 5.71 Å². The molecule has 0 heterocycles. The summed E-state index contributed by atoms with van der Waals surface area (Å²) in [4.78, 5) is 0. The highest BCUT2D eigenvalue weighted by Crippen LogP contribution is 2.04. The summed E-state index contributed by atoms with van der Waals surface area (Å²) in [5.41, 5.74) is 3.25. The second-order valence-corrected chi connectivity index (χ2v) is 3.05. The number of nitrogens with zero attached hydrogens (tertiary/aromatic N) is 2. The Bertz CT molecular complexity index is 358. The average molecular weight is 186 g/mol. The summed E-state index contributed by atoms with van der Waals surface area (Å²) in [6.07, 6.45) is 3.17. The molecule has 0 atom stereocenters. The van der Waals surface area contributed by atoms with Gasteiger partial charge in [0.15, 0.2) is 0 Å². The van der Waals surface area contributed by atoms with Crippen molar-refractivity contribution in [2.45, 2.75) is 13.8 Å². The van der Waals surface area contributed by atoms with Crippen molar-refractivity contribution in [1.82, 2.24) is 0 Å². The molecule has 0 aromatic heterocycles. The molecule has 1 rings (SSSR count). The molecular weight excluding hydrogens is 172 g/mol. The van der Waals surface area contributed by atoms with Gasteiger partial charge >= 0.3 is 0 Å². The predicted molar refractivity (Wildman–Crippen MR) is 62.1 cm³/mol. The average Bonchev–Trinajstić information content (AvgIpc) is 2.19. The zero-order chi connectivity index (χ0) is 10.4. The van der Waals surface area contributed by atoms with Crippen LogP contribution in [0.2, 0.25) is 0 Å². The number of rotatable bonds is 3. The largest absolute Gasteiger partial charge is 0.159 e. The van der Waals surface area contributed by atoms with Crippen LogP contribution >= 0.6 is 0 Å². The van der Waals surface area contributed by atoms with E-state index in [0.29, 0.717) is 0 Å². The zero-order valence-electron chi connectivity index (χ0n) is 8.57. The second-order valence-electron chi connectivity index (χ2n) is 3.05. The third-order valence-electron chi connectivity index (χ3n) is 1.85. The number of benzene rings is 1. The number of hydrogen-bond acceptors (Lipinski definition) is 2. The van der Waals surface area contributed by atoms with Gasteiger partial charge in [0.1, 0.15) is 0 Å². The first-order valence-corrected chi connectivity index (χ1v) is 4.49. The van der Waals surface area contributed by atoms with E-state index in [1.54, 1.807) is 12.3 Å². The van der Waals surface area contributed by atoms with E-state index in [4.69, 9.17) is 0 Å². The Morgan fingerprint density at radius 3 is 2.50 bits per heavy atom. The van der Waals surface area contributed by atoms with E-state index in [-0.39, 0.29) is 0 Å². The minimum Gasteiger partial charge on any atom is -0.159 e. The van der Waals surface area contributed by atoms with E-state index < -0.39 is 0 Å². The van der Waals surface area contributed by atoms with E-state index in [0.717, 1.165) is 11.3 Å². The van der Waals surface area contributed by atoms with E-state index in [9.17, 15) is 0 Å². The molecule has 14 heavy (non-hydrogen) atoms. The van der Waals surface area contributed by atoms with E-state index in [2.05, 4.69) is 35.8 Å². The highest BCUT2D eigenvalue weighted by molar-refractivity contribution is 5.98. The fourth-order valence-corrected chi connectivity index (χ4v) is 1.02. The number of hydrogen-bond donors (Lipinski definition) is 0. The summed E-state index contributed by atoms with van der Waals surface area (Å²) >= 11 is 0. The van der Waals surface area contributed by atoms with Gasteiger partial charge in [-0.15, -0.1) is 0 Å². The summed E-state index contributed by atoms with van der Waals surface area (Å²) < 4.78 is 0. The van der Waals surface area contributed by atoms with Gasteiger partial charge in [-0.3, -0.25) is 0 Å². The molecule has 0 aliphatic carbocycles. The van der Waals surface area contributed by atoms with Crippen molar-refractivity contribution in [3.05, 3.63) is 48.0 Å². The Morgan fingerprint density at radius 2 is 1.93 bits per heavy atom. The minimum atomic E-state index is 0.906. The molecule has 0 amide bonds. The molecule has 2 nitrogen and oxygen atoms in total. The van der Waals surface area contributed by atoms with Crippen molar-refractivity contribution in [1.29, 1.82) is 0 Å². The van der Waals surface area contributed by atoms with Crippen molar-refractivity contribution >= 4 is 11.9 Å². The highest BCUT2D eigenvalue weighted by Gasteiger charge is 1.94. The van der Waals surface area contributed by atoms with Crippen LogP contribution in [0.15, 0.2) is 47.1 Å². The molecule has 0 unspecified atom stereocenters. The zero-order valence-corrected chi connectivity index (χ0v) is 8.57. The maximum absolute atomic E-state index is 4.03. The van der Waals surface area contributed by atoms with Crippen LogP contribution in [-0.4, -0.2) is 11.9 Å². The van der Waals surface area contributed by atoms with Gasteiger partial charge < -0.3 is 0 Å². The summed E-state index contributed by atoms with van der Waals surface area (Å²) in [6, 6.07) is 8.20. The van der Waals surface area contributed by atoms with Crippen molar-refractivity contribution in [3.8, 4) is 0 Å². The maximum atomic E-state index is 4.03. The third-order valence-corrected chi connectivity index (χ3v) is 1.85. The molecule has 0 spiro atoms. The molecule has 0 radical (unpaired) electrons. The standard InChI is InChI=1S/C12H14N2/c1-4-9-13-14-11(3)12-7-5-10(2)6-8-12/h4-9H,1H2,2-3H3/b13-9+,14-11+. The van der Waals surface area contributed by atoms with E-state index >= 15 is 0 Å². The SMILES string of the molecule is C=C/C=N/N=C(\C)c1ccc(C)cc1. The Kier molecular flexibility index (Phi) is 3.80. The molecule has 1 aromatic carbocycles. The Labute approximate surface area is 84.7 Å². The first kappa shape index (κ1) is 10.4. The number of aryl methyl sites for hydroxylation is 1. The lowest BCUT2D eigenvalue weighted by molar-refractivity contribution is 1.24. The maximum Gasteiger partial charge on any atom is 0.0671 e. The lowest BCUT2D eigenvalue weighted by Crippen LogP contribution is -1.93. The summed E-state index contributed by atoms with van der Waals surface area (Å²) in [6.45, 7) is 7.52. The lowest BCUT2D eigenvalue weighted by Gasteiger charge is -1.98. The van der Waals surface area contributed by atoms with Crippen molar-refractivity contribution in [3.63, 3.8) is 0 Å². The van der Waals surface area contributed by atoms with Crippen LogP contribution in [0.1, 0.15) is 18.1 Å². The third kappa shape index (κ3) is 2.98. The first-order valence-electron chi connectivity index (χ1n) is 4.49. The molecule has 2 heteroatoms. The molecule has 0 aliphatic heterocycles. The van der Waals surface area contributed by atoms with Crippen LogP contribution in [0.25, 0.3) is 0 Å². The quantitative estimate of drug-likeness (QED) is 0.512. The minimum absolute atomic E-state index is 0.906. The Balaban J connectivity index is 2.83. The fourth-order valence-electron chi connectivity index (χ4n) is 1.02. The molecule has 0 N–H and O–H groups in total. The Hall–Kier alpha value is -1.70. The van der Waals surface area contributed by atoms with Gasteiger partial charge in [-0.25, -0.2) is 0 Å². The molecule has 0 aliphatic rings. The topological polar surface area (TPSA) is 24.7 Å². The van der Waals surface area contributed by atoms with Gasteiger partial charge in [0.25, 0.3) is 0 Å². The van der Waals surface area contributed by atoms with Gasteiger partial charge in [-0.2, -0.15) is 10.2 Å². The van der Waals surface area contributed by atoms with Gasteiger partial charge in [0, 0.05) is 6.21 Å². The molecule has 1 aromatic rings. The van der Waals surface area contributed by atoms with Gasteiger partial charge in [0.2, 0.25) is 0 Å². The van der Waals surface area contributed by atoms with Crippen molar-refractivity contribution < 1.29 is 0 Å². The monoisotopic (exact) mass is 186 g/mol. The molecule has 0 saturated heterocycles. The summed E-state index contributed by atoms with van der Waals surface area (Å²) in [5.74, 6) is 0. The normalized spacial score (nSPS) is 12.0. The fraction of sp³-hybridized carbons (Fsp3) is 0.167. The van der Waals surface area contributed by atoms with Crippen molar-refractivity contribution in [2.24, 2.45) is 10.2 Å². The molecular formula is C12H14N2. The second kappa shape index (κ2) is 5.12. The lowest BCUT2D eigenvalue weighted by atomic mass is 10.1. The van der Waals surface area contributed by atoms with Crippen LogP contribution in [-0.2, 0) is 0 Å². The van der Waals surface area contributed by atoms with Crippen LogP contribution in [0, 0.1) is 6.92 Å². The number of allylic oxidation sites excluding steroid dienone is 1. The Morgan fingerprint density at radius 1 is 1.29 bits per heavy atom. The van der Waals surface area contributed by atoms with Crippen LogP contribution in [0.4, 0.5) is 0 Å². The van der Waals surface area contributed by atoms with Crippen LogP contribution < -0.4 is 0 Å². The molecule has 0 bridgehead atoms. The summed E-state index contributed by atoms with van der Waals surface area (Å²) in [5, 5.41) is 7.86. The van der Waals surface area contributed by atoms with Crippen LogP contribution in [0.5, 0.6) is 0 Å². The van der Waals surface area contributed by atoms with E-state index in [1.807, 2.05) is 19.1 Å². The van der Waals surface area contributed by atoms with Crippen molar-refractivity contribution in [2.75, 3.05) is 0 Å². The van der Waals surface area contributed by atoms with Crippen LogP contribution in [0.3, 0.4) is 0 Å². The molecule has 72 valence electrons. The van der Waals surface area contributed by atoms with E-state index in [1.165, 1.54) is 5.56 Å².